The molecule has 3 aromatic rings. The van der Waals surface area contributed by atoms with E-state index in [0.29, 0.717) is 12.2 Å². The first-order valence-corrected chi connectivity index (χ1v) is 9.59. The quantitative estimate of drug-likeness (QED) is 0.406. The van der Waals surface area contributed by atoms with E-state index >= 15 is 0 Å². The molecular formula is C24H26N2O4. The maximum atomic E-state index is 12.6. The molecule has 0 radical (unpaired) electrons. The van der Waals surface area contributed by atoms with E-state index in [-0.39, 0.29) is 5.78 Å². The van der Waals surface area contributed by atoms with Crippen LogP contribution in [0.25, 0.3) is 6.08 Å². The summed E-state index contributed by atoms with van der Waals surface area (Å²) in [5.74, 6) is 2.17. The Morgan fingerprint density at radius 3 is 2.33 bits per heavy atom. The summed E-state index contributed by atoms with van der Waals surface area (Å²) in [6.07, 6.45) is 3.37. The number of ether oxygens (including phenoxy) is 3. The minimum atomic E-state index is -0.0649. The van der Waals surface area contributed by atoms with Gasteiger partial charge in [0.15, 0.2) is 5.78 Å². The van der Waals surface area contributed by atoms with E-state index in [9.17, 15) is 4.79 Å². The molecule has 2 aromatic carbocycles. The van der Waals surface area contributed by atoms with Gasteiger partial charge in [0.05, 0.1) is 25.5 Å². The van der Waals surface area contributed by atoms with E-state index in [1.165, 1.54) is 0 Å². The topological polar surface area (TPSA) is 62.6 Å². The summed E-state index contributed by atoms with van der Waals surface area (Å²) >= 11 is 0. The summed E-state index contributed by atoms with van der Waals surface area (Å²) in [5, 5.41) is 4.31. The van der Waals surface area contributed by atoms with Crippen molar-refractivity contribution >= 4 is 11.9 Å². The Kier molecular flexibility index (Phi) is 6.57. The molecule has 0 N–H and O–H groups in total. The number of carbonyl (C=O) groups excluding carboxylic acids is 1. The fourth-order valence-electron chi connectivity index (χ4n) is 3.23. The van der Waals surface area contributed by atoms with Crippen LogP contribution in [0, 0.1) is 13.8 Å². The Labute approximate surface area is 176 Å². The summed E-state index contributed by atoms with van der Waals surface area (Å²) in [5.41, 5.74) is 4.00. The third-order valence-electron chi connectivity index (χ3n) is 4.94. The Hall–Kier alpha value is -3.54. The van der Waals surface area contributed by atoms with Crippen LogP contribution < -0.4 is 14.2 Å². The zero-order valence-electron chi connectivity index (χ0n) is 17.9. The average Bonchev–Trinajstić information content (AvgIpc) is 3.02. The molecule has 6 heteroatoms. The van der Waals surface area contributed by atoms with Gasteiger partial charge in [0.1, 0.15) is 23.9 Å². The van der Waals surface area contributed by atoms with Crippen molar-refractivity contribution in [3.63, 3.8) is 0 Å². The number of aromatic nitrogens is 2. The third-order valence-corrected chi connectivity index (χ3v) is 4.94. The van der Waals surface area contributed by atoms with Gasteiger partial charge in [0.25, 0.3) is 0 Å². The van der Waals surface area contributed by atoms with Gasteiger partial charge >= 0.3 is 0 Å². The van der Waals surface area contributed by atoms with Crippen molar-refractivity contribution in [2.45, 2.75) is 20.5 Å². The standard InChI is InChI=1S/C24H26N2O4/c1-16-24(17(2)26(3)25-16)22(27)12-6-18-7-13-23(29-5)19(14-18)15-30-21-10-8-20(28-4)9-11-21/h6-14H,15H2,1-5H3/b12-6+. The fraction of sp³-hybridized carbons (Fsp3) is 0.250. The first-order valence-electron chi connectivity index (χ1n) is 9.59. The lowest BCUT2D eigenvalue weighted by molar-refractivity contribution is 0.104. The molecule has 1 aromatic heterocycles. The normalized spacial score (nSPS) is 11.0. The lowest BCUT2D eigenvalue weighted by atomic mass is 10.1. The van der Waals surface area contributed by atoms with Crippen LogP contribution in [0.4, 0.5) is 0 Å². The third kappa shape index (κ3) is 4.71. The molecule has 0 fully saturated rings. The number of nitrogens with zero attached hydrogens (tertiary/aromatic N) is 2. The number of hydrogen-bond donors (Lipinski definition) is 0. The van der Waals surface area contributed by atoms with Crippen molar-refractivity contribution < 1.29 is 19.0 Å². The maximum Gasteiger partial charge on any atom is 0.189 e. The van der Waals surface area contributed by atoms with Crippen molar-refractivity contribution in [1.82, 2.24) is 9.78 Å². The number of rotatable bonds is 8. The molecule has 0 spiro atoms. The molecule has 156 valence electrons. The number of aryl methyl sites for hydroxylation is 2. The monoisotopic (exact) mass is 406 g/mol. The fourth-order valence-corrected chi connectivity index (χ4v) is 3.23. The highest BCUT2D eigenvalue weighted by Gasteiger charge is 2.15. The van der Waals surface area contributed by atoms with Gasteiger partial charge in [-0.05, 0) is 61.9 Å². The zero-order chi connectivity index (χ0) is 21.7. The highest BCUT2D eigenvalue weighted by Crippen LogP contribution is 2.24. The summed E-state index contributed by atoms with van der Waals surface area (Å²) in [4.78, 5) is 12.6. The minimum Gasteiger partial charge on any atom is -0.497 e. The van der Waals surface area contributed by atoms with Gasteiger partial charge in [-0.15, -0.1) is 0 Å². The Morgan fingerprint density at radius 2 is 1.73 bits per heavy atom. The number of methoxy groups -OCH3 is 2. The van der Waals surface area contributed by atoms with Crippen molar-refractivity contribution in [1.29, 1.82) is 0 Å². The minimum absolute atomic E-state index is 0.0649. The Balaban J connectivity index is 1.76. The predicted molar refractivity (Wildman–Crippen MR) is 116 cm³/mol. The van der Waals surface area contributed by atoms with Crippen LogP contribution in [-0.2, 0) is 13.7 Å². The second kappa shape index (κ2) is 9.31. The van der Waals surface area contributed by atoms with E-state index in [0.717, 1.165) is 39.8 Å². The van der Waals surface area contributed by atoms with Gasteiger partial charge in [-0.25, -0.2) is 0 Å². The summed E-state index contributed by atoms with van der Waals surface area (Å²) in [6, 6.07) is 13.1. The number of carbonyl (C=O) groups is 1. The average molecular weight is 406 g/mol. The van der Waals surface area contributed by atoms with Crippen LogP contribution in [0.1, 0.15) is 32.9 Å². The van der Waals surface area contributed by atoms with Gasteiger partial charge in [-0.2, -0.15) is 5.10 Å². The van der Waals surface area contributed by atoms with Crippen molar-refractivity contribution in [2.75, 3.05) is 14.2 Å². The summed E-state index contributed by atoms with van der Waals surface area (Å²) in [6.45, 7) is 4.07. The van der Waals surface area contributed by atoms with Crippen LogP contribution in [0.2, 0.25) is 0 Å². The predicted octanol–water partition coefficient (Wildman–Crippen LogP) is 4.53. The molecule has 1 heterocycles. The smallest absolute Gasteiger partial charge is 0.189 e. The molecule has 30 heavy (non-hydrogen) atoms. The zero-order valence-corrected chi connectivity index (χ0v) is 17.9. The molecule has 3 rings (SSSR count). The summed E-state index contributed by atoms with van der Waals surface area (Å²) in [7, 11) is 5.09. The second-order valence-corrected chi connectivity index (χ2v) is 6.90. The largest absolute Gasteiger partial charge is 0.497 e. The van der Waals surface area contributed by atoms with Crippen LogP contribution in [0.5, 0.6) is 17.2 Å². The van der Waals surface area contributed by atoms with Gasteiger partial charge in [-0.1, -0.05) is 12.1 Å². The lowest BCUT2D eigenvalue weighted by Gasteiger charge is -2.11. The molecule has 0 bridgehead atoms. The molecule has 0 aliphatic carbocycles. The first kappa shape index (κ1) is 21.2. The molecular weight excluding hydrogens is 380 g/mol. The van der Waals surface area contributed by atoms with Crippen molar-refractivity contribution in [3.05, 3.63) is 76.6 Å². The maximum absolute atomic E-state index is 12.6. The highest BCUT2D eigenvalue weighted by molar-refractivity contribution is 6.08. The van der Waals surface area contributed by atoms with E-state index in [2.05, 4.69) is 5.10 Å². The van der Waals surface area contributed by atoms with Crippen LogP contribution in [-0.4, -0.2) is 29.8 Å². The second-order valence-electron chi connectivity index (χ2n) is 6.90. The van der Waals surface area contributed by atoms with Crippen LogP contribution in [0.3, 0.4) is 0 Å². The number of ketones is 1. The SMILES string of the molecule is COc1ccc(OCc2cc(/C=C/C(=O)c3c(C)nn(C)c3C)ccc2OC)cc1. The van der Waals surface area contributed by atoms with E-state index in [1.807, 2.05) is 63.4 Å². The van der Waals surface area contributed by atoms with Gasteiger partial charge in [0, 0.05) is 18.3 Å². The Morgan fingerprint density at radius 1 is 1.03 bits per heavy atom. The first-order chi connectivity index (χ1) is 14.4. The van der Waals surface area contributed by atoms with Crippen molar-refractivity contribution in [2.24, 2.45) is 7.05 Å². The number of benzene rings is 2. The molecule has 0 saturated carbocycles. The number of allylic oxidation sites excluding steroid dienone is 1. The Bertz CT molecular complexity index is 1070. The molecule has 0 aliphatic rings. The van der Waals surface area contributed by atoms with Gasteiger partial charge in [-0.3, -0.25) is 9.48 Å². The molecule has 6 nitrogen and oxygen atoms in total. The van der Waals surface area contributed by atoms with Gasteiger partial charge < -0.3 is 14.2 Å². The molecule has 0 saturated heterocycles. The van der Waals surface area contributed by atoms with Gasteiger partial charge in [0.2, 0.25) is 0 Å². The van der Waals surface area contributed by atoms with E-state index < -0.39 is 0 Å². The molecule has 0 atom stereocenters. The molecule has 0 unspecified atom stereocenters. The van der Waals surface area contributed by atoms with Crippen molar-refractivity contribution in [3.8, 4) is 17.2 Å². The molecule has 0 aliphatic heterocycles. The lowest BCUT2D eigenvalue weighted by Crippen LogP contribution is -2.00. The van der Waals surface area contributed by atoms with Crippen LogP contribution in [0.15, 0.2) is 48.5 Å². The van der Waals surface area contributed by atoms with Crippen LogP contribution >= 0.6 is 0 Å². The van der Waals surface area contributed by atoms with E-state index in [4.69, 9.17) is 14.2 Å². The highest BCUT2D eigenvalue weighted by atomic mass is 16.5. The molecule has 0 amide bonds. The van der Waals surface area contributed by atoms with E-state index in [1.54, 1.807) is 31.1 Å². The number of hydrogen-bond acceptors (Lipinski definition) is 5. The summed E-state index contributed by atoms with van der Waals surface area (Å²) < 4.78 is 18.2.